The lowest BCUT2D eigenvalue weighted by Crippen LogP contribution is -2.38. The van der Waals surface area contributed by atoms with Crippen LogP contribution in [0, 0.1) is 5.41 Å². The molecule has 4 heteroatoms. The molecule has 1 aliphatic carbocycles. The SMILES string of the molecule is CCOOCC1(C(=O)OCC)CC=CCC1. The Labute approximate surface area is 96.5 Å². The summed E-state index contributed by atoms with van der Waals surface area (Å²) in [7, 11) is 0. The van der Waals surface area contributed by atoms with Gasteiger partial charge in [-0.25, -0.2) is 9.78 Å². The summed E-state index contributed by atoms with van der Waals surface area (Å²) in [5.74, 6) is -0.181. The maximum atomic E-state index is 11.9. The Balaban J connectivity index is 2.60. The number of rotatable bonds is 6. The largest absolute Gasteiger partial charge is 0.465 e. The molecular formula is C12H20O4. The number of esters is 1. The molecule has 0 radical (unpaired) electrons. The van der Waals surface area contributed by atoms with Gasteiger partial charge in [0.15, 0.2) is 0 Å². The van der Waals surface area contributed by atoms with Crippen LogP contribution in [0.15, 0.2) is 12.2 Å². The lowest BCUT2D eigenvalue weighted by molar-refractivity contribution is -0.306. The van der Waals surface area contributed by atoms with Crippen molar-refractivity contribution in [1.29, 1.82) is 0 Å². The molecule has 92 valence electrons. The minimum Gasteiger partial charge on any atom is -0.465 e. The third-order valence-corrected chi connectivity index (χ3v) is 2.71. The molecular weight excluding hydrogens is 208 g/mol. The van der Waals surface area contributed by atoms with Crippen molar-refractivity contribution in [1.82, 2.24) is 0 Å². The van der Waals surface area contributed by atoms with E-state index in [1.54, 1.807) is 0 Å². The highest BCUT2D eigenvalue weighted by Gasteiger charge is 2.40. The van der Waals surface area contributed by atoms with Crippen LogP contribution in [0.1, 0.15) is 33.1 Å². The first-order chi connectivity index (χ1) is 7.75. The van der Waals surface area contributed by atoms with Crippen LogP contribution in [0.3, 0.4) is 0 Å². The minimum atomic E-state index is -0.556. The third-order valence-electron chi connectivity index (χ3n) is 2.71. The van der Waals surface area contributed by atoms with E-state index >= 15 is 0 Å². The van der Waals surface area contributed by atoms with Crippen molar-refractivity contribution in [3.8, 4) is 0 Å². The van der Waals surface area contributed by atoms with E-state index in [2.05, 4.69) is 6.08 Å². The van der Waals surface area contributed by atoms with Crippen LogP contribution in [-0.4, -0.2) is 25.8 Å². The predicted molar refractivity (Wildman–Crippen MR) is 59.6 cm³/mol. The molecule has 16 heavy (non-hydrogen) atoms. The van der Waals surface area contributed by atoms with Crippen molar-refractivity contribution in [3.05, 3.63) is 12.2 Å². The van der Waals surface area contributed by atoms with Gasteiger partial charge in [-0.15, -0.1) is 0 Å². The van der Waals surface area contributed by atoms with Crippen molar-refractivity contribution in [2.45, 2.75) is 33.1 Å². The van der Waals surface area contributed by atoms with E-state index in [1.807, 2.05) is 19.9 Å². The molecule has 4 nitrogen and oxygen atoms in total. The first kappa shape index (κ1) is 13.2. The average Bonchev–Trinajstić information content (AvgIpc) is 2.31. The van der Waals surface area contributed by atoms with Crippen LogP contribution in [0.5, 0.6) is 0 Å². The van der Waals surface area contributed by atoms with Crippen LogP contribution < -0.4 is 0 Å². The van der Waals surface area contributed by atoms with Gasteiger partial charge in [-0.05, 0) is 33.1 Å². The van der Waals surface area contributed by atoms with E-state index in [4.69, 9.17) is 14.5 Å². The molecule has 1 rings (SSSR count). The first-order valence-electron chi connectivity index (χ1n) is 5.82. The fourth-order valence-corrected chi connectivity index (χ4v) is 1.79. The summed E-state index contributed by atoms with van der Waals surface area (Å²) in [6, 6.07) is 0. The maximum Gasteiger partial charge on any atom is 0.314 e. The van der Waals surface area contributed by atoms with Crippen LogP contribution in [0.25, 0.3) is 0 Å². The van der Waals surface area contributed by atoms with Gasteiger partial charge in [0, 0.05) is 0 Å². The third kappa shape index (κ3) is 3.32. The fourth-order valence-electron chi connectivity index (χ4n) is 1.79. The molecule has 0 saturated heterocycles. The van der Waals surface area contributed by atoms with E-state index in [0.717, 1.165) is 12.8 Å². The Morgan fingerprint density at radius 1 is 1.25 bits per heavy atom. The number of carbonyl (C=O) groups is 1. The Morgan fingerprint density at radius 3 is 2.62 bits per heavy atom. The molecule has 0 aromatic heterocycles. The lowest BCUT2D eigenvalue weighted by Gasteiger charge is -2.31. The minimum absolute atomic E-state index is 0.181. The monoisotopic (exact) mass is 228 g/mol. The molecule has 1 aliphatic rings. The smallest absolute Gasteiger partial charge is 0.314 e. The topological polar surface area (TPSA) is 44.8 Å². The summed E-state index contributed by atoms with van der Waals surface area (Å²) in [4.78, 5) is 21.8. The van der Waals surface area contributed by atoms with Crippen molar-refractivity contribution in [2.24, 2.45) is 5.41 Å². The van der Waals surface area contributed by atoms with Crippen molar-refractivity contribution in [2.75, 3.05) is 19.8 Å². The first-order valence-corrected chi connectivity index (χ1v) is 5.82. The van der Waals surface area contributed by atoms with Crippen LogP contribution in [-0.2, 0) is 19.3 Å². The Kier molecular flexibility index (Phi) is 5.49. The van der Waals surface area contributed by atoms with E-state index in [1.165, 1.54) is 0 Å². The molecule has 1 atom stereocenters. The highest BCUT2D eigenvalue weighted by Crippen LogP contribution is 2.34. The van der Waals surface area contributed by atoms with E-state index < -0.39 is 5.41 Å². The molecule has 1 unspecified atom stereocenters. The second-order valence-electron chi connectivity index (χ2n) is 3.88. The quantitative estimate of drug-likeness (QED) is 0.230. The molecule has 0 fully saturated rings. The van der Waals surface area contributed by atoms with Crippen LogP contribution >= 0.6 is 0 Å². The summed E-state index contributed by atoms with van der Waals surface area (Å²) < 4.78 is 5.11. The molecule has 0 heterocycles. The number of allylic oxidation sites excluding steroid dienone is 2. The molecule has 0 bridgehead atoms. The molecule has 0 aromatic carbocycles. The summed E-state index contributed by atoms with van der Waals surface area (Å²) in [6.45, 7) is 4.81. The number of ether oxygens (including phenoxy) is 1. The highest BCUT2D eigenvalue weighted by atomic mass is 17.2. The molecule has 0 aliphatic heterocycles. The van der Waals surface area contributed by atoms with Crippen molar-refractivity contribution >= 4 is 5.97 Å². The zero-order chi connectivity index (χ0) is 11.9. The molecule has 0 spiro atoms. The van der Waals surface area contributed by atoms with Gasteiger partial charge in [0.05, 0.1) is 25.2 Å². The van der Waals surface area contributed by atoms with Crippen molar-refractivity contribution < 1.29 is 19.3 Å². The lowest BCUT2D eigenvalue weighted by atomic mass is 9.78. The number of carbonyl (C=O) groups excluding carboxylic acids is 1. The van der Waals surface area contributed by atoms with Gasteiger partial charge >= 0.3 is 5.97 Å². The van der Waals surface area contributed by atoms with Crippen LogP contribution in [0.2, 0.25) is 0 Å². The highest BCUT2D eigenvalue weighted by molar-refractivity contribution is 5.77. The Hall–Kier alpha value is -0.870. The number of hydrogen-bond donors (Lipinski definition) is 0. The summed E-state index contributed by atoms with van der Waals surface area (Å²) >= 11 is 0. The Morgan fingerprint density at radius 2 is 2.06 bits per heavy atom. The molecule has 0 aromatic rings. The summed E-state index contributed by atoms with van der Waals surface area (Å²) in [6.07, 6.45) is 6.40. The summed E-state index contributed by atoms with van der Waals surface area (Å²) in [5.41, 5.74) is -0.556. The zero-order valence-corrected chi connectivity index (χ0v) is 10.0. The molecule has 0 saturated carbocycles. The van der Waals surface area contributed by atoms with Crippen molar-refractivity contribution in [3.63, 3.8) is 0 Å². The predicted octanol–water partition coefficient (Wildman–Crippen LogP) is 2.24. The summed E-state index contributed by atoms with van der Waals surface area (Å²) in [5, 5.41) is 0. The van der Waals surface area contributed by atoms with Gasteiger partial charge in [-0.2, -0.15) is 0 Å². The van der Waals surface area contributed by atoms with Gasteiger partial charge in [-0.1, -0.05) is 12.2 Å². The van der Waals surface area contributed by atoms with Gasteiger partial charge in [-0.3, -0.25) is 4.79 Å². The fraction of sp³-hybridized carbons (Fsp3) is 0.750. The number of hydrogen-bond acceptors (Lipinski definition) is 4. The van der Waals surface area contributed by atoms with Gasteiger partial charge in [0.1, 0.15) is 0 Å². The molecule has 0 amide bonds. The van der Waals surface area contributed by atoms with Gasteiger partial charge in [0.2, 0.25) is 0 Å². The van der Waals surface area contributed by atoms with E-state index in [0.29, 0.717) is 19.6 Å². The standard InChI is InChI=1S/C12H20O4/c1-3-14-11(13)12(10-16-15-4-2)8-6-5-7-9-12/h5-6H,3-4,7-10H2,1-2H3. The second-order valence-corrected chi connectivity index (χ2v) is 3.88. The zero-order valence-electron chi connectivity index (χ0n) is 10.0. The van der Waals surface area contributed by atoms with Gasteiger partial charge < -0.3 is 4.74 Å². The van der Waals surface area contributed by atoms with E-state index in [-0.39, 0.29) is 12.6 Å². The normalized spacial score (nSPS) is 24.4. The Bertz CT molecular complexity index is 249. The van der Waals surface area contributed by atoms with E-state index in [9.17, 15) is 4.79 Å². The second kappa shape index (κ2) is 6.66. The van der Waals surface area contributed by atoms with Gasteiger partial charge in [0.25, 0.3) is 0 Å². The average molecular weight is 228 g/mol. The van der Waals surface area contributed by atoms with Crippen LogP contribution in [0.4, 0.5) is 0 Å². The maximum absolute atomic E-state index is 11.9. The molecule has 0 N–H and O–H groups in total.